The Bertz CT molecular complexity index is 393. The normalized spacial score (nSPS) is 18.6. The Morgan fingerprint density at radius 2 is 2.10 bits per heavy atom. The van der Waals surface area contributed by atoms with Crippen molar-refractivity contribution in [3.63, 3.8) is 0 Å². The van der Waals surface area contributed by atoms with Gasteiger partial charge < -0.3 is 4.90 Å². The van der Waals surface area contributed by atoms with Gasteiger partial charge >= 0.3 is 6.03 Å². The van der Waals surface area contributed by atoms with Crippen LogP contribution in [-0.4, -0.2) is 46.9 Å². The largest absolute Gasteiger partial charge is 0.344 e. The number of hydrogen-bond donors (Lipinski definition) is 2. The van der Waals surface area contributed by atoms with Gasteiger partial charge in [0.15, 0.2) is 0 Å². The van der Waals surface area contributed by atoms with E-state index < -0.39 is 11.9 Å². The van der Waals surface area contributed by atoms with Crippen molar-refractivity contribution in [2.75, 3.05) is 13.1 Å². The summed E-state index contributed by atoms with van der Waals surface area (Å²) >= 11 is 0. The third-order valence-corrected chi connectivity index (χ3v) is 3.55. The van der Waals surface area contributed by atoms with Crippen molar-refractivity contribution in [2.24, 2.45) is 0 Å². The van der Waals surface area contributed by atoms with E-state index in [1.54, 1.807) is 6.92 Å². The maximum atomic E-state index is 12.1. The van der Waals surface area contributed by atoms with Crippen LogP contribution in [0.4, 0.5) is 4.79 Å². The number of rotatable bonds is 6. The van der Waals surface area contributed by atoms with Crippen LogP contribution < -0.4 is 10.9 Å². The van der Waals surface area contributed by atoms with E-state index in [-0.39, 0.29) is 11.9 Å². The Morgan fingerprint density at radius 3 is 2.67 bits per heavy atom. The third kappa shape index (κ3) is 4.82. The van der Waals surface area contributed by atoms with Crippen molar-refractivity contribution >= 4 is 27.3 Å². The summed E-state index contributed by atoms with van der Waals surface area (Å²) in [5.41, 5.74) is 4.76. The molecule has 1 unspecified atom stereocenters. The zero-order chi connectivity index (χ0) is 15.8. The Kier molecular flexibility index (Phi) is 7.39. The van der Waals surface area contributed by atoms with Gasteiger partial charge in [0.1, 0.15) is 6.04 Å². The highest BCUT2D eigenvalue weighted by molar-refractivity contribution is 7.09. The molecule has 0 radical (unpaired) electrons. The second-order valence-electron chi connectivity index (χ2n) is 4.72. The van der Waals surface area contributed by atoms with Crippen LogP contribution in [0.15, 0.2) is 0 Å². The first-order chi connectivity index (χ1) is 10.0. The monoisotopic (exact) mass is 318 g/mol. The van der Waals surface area contributed by atoms with Crippen LogP contribution in [0.5, 0.6) is 0 Å². The Balaban J connectivity index is 2.53. The van der Waals surface area contributed by atoms with Crippen LogP contribution in [-0.2, 0) is 14.2 Å². The molecule has 21 heavy (non-hydrogen) atoms. The lowest BCUT2D eigenvalue weighted by Gasteiger charge is -2.38. The molecular weight excluding hydrogens is 295 g/mol. The molecule has 1 aliphatic heterocycles. The van der Waals surface area contributed by atoms with Crippen LogP contribution in [0.2, 0.25) is 0 Å². The molecule has 0 aromatic carbocycles. The van der Waals surface area contributed by atoms with E-state index in [1.165, 1.54) is 9.96 Å². The highest BCUT2D eigenvalue weighted by Crippen LogP contribution is 2.17. The second-order valence-corrected chi connectivity index (χ2v) is 4.93. The van der Waals surface area contributed by atoms with Gasteiger partial charge in [0.2, 0.25) is 5.91 Å². The molecule has 4 amide bonds. The van der Waals surface area contributed by atoms with E-state index in [4.69, 9.17) is 4.62 Å². The van der Waals surface area contributed by atoms with E-state index in [9.17, 15) is 14.4 Å². The first-order valence-corrected chi connectivity index (χ1v) is 7.55. The Labute approximate surface area is 126 Å². The number of nitrogens with zero attached hydrogens (tertiary/aromatic N) is 2. The zero-order valence-corrected chi connectivity index (χ0v) is 13.6. The number of hydroxylamine groups is 2. The van der Waals surface area contributed by atoms with Gasteiger partial charge in [-0.3, -0.25) is 25.1 Å². The minimum atomic E-state index is -0.606. The predicted molar refractivity (Wildman–Crippen MR) is 79.5 cm³/mol. The van der Waals surface area contributed by atoms with Crippen molar-refractivity contribution in [2.45, 2.75) is 45.6 Å². The summed E-state index contributed by atoms with van der Waals surface area (Å²) in [7, 11) is 2.01. The van der Waals surface area contributed by atoms with E-state index >= 15 is 0 Å². The maximum absolute atomic E-state index is 12.1. The lowest BCUT2D eigenvalue weighted by molar-refractivity contribution is -0.134. The fourth-order valence-electron chi connectivity index (χ4n) is 2.11. The van der Waals surface area contributed by atoms with Crippen LogP contribution in [0.3, 0.4) is 0 Å². The highest BCUT2D eigenvalue weighted by atomic mass is 31.0. The minimum absolute atomic E-state index is 0.231. The molecule has 1 heterocycles. The average molecular weight is 318 g/mol. The number of carbonyl (C=O) groups is 3. The molecule has 0 spiro atoms. The van der Waals surface area contributed by atoms with E-state index in [0.717, 1.165) is 12.8 Å². The fraction of sp³-hybridized carbons (Fsp3) is 0.750. The second kappa shape index (κ2) is 8.79. The number of likely N-dealkylation sites (N-methyl/N-ethyl adjacent to an activating group) is 1. The van der Waals surface area contributed by atoms with Crippen molar-refractivity contribution in [1.82, 2.24) is 20.8 Å². The third-order valence-electron chi connectivity index (χ3n) is 3.29. The molecule has 0 saturated carbocycles. The topological polar surface area (TPSA) is 91.0 Å². The highest BCUT2D eigenvalue weighted by Gasteiger charge is 2.36. The van der Waals surface area contributed by atoms with Gasteiger partial charge in [0.25, 0.3) is 5.91 Å². The molecule has 0 aliphatic carbocycles. The molecule has 120 valence electrons. The van der Waals surface area contributed by atoms with Crippen LogP contribution in [0.25, 0.3) is 0 Å². The molecule has 0 aromatic heterocycles. The number of urea groups is 1. The number of hydrazine groups is 1. The maximum Gasteiger partial charge on any atom is 0.344 e. The molecule has 2 atom stereocenters. The molecular formula is C12H23N4O4P. The molecule has 1 rings (SSSR count). The Morgan fingerprint density at radius 1 is 1.38 bits per heavy atom. The lowest BCUT2D eigenvalue weighted by Crippen LogP contribution is -2.60. The van der Waals surface area contributed by atoms with Crippen molar-refractivity contribution in [1.29, 1.82) is 0 Å². The number of unbranched alkanes of at least 4 members (excludes halogenated alkanes) is 1. The minimum Gasteiger partial charge on any atom is -0.311 e. The van der Waals surface area contributed by atoms with E-state index in [1.807, 2.05) is 16.4 Å². The van der Waals surface area contributed by atoms with Crippen LogP contribution in [0, 0.1) is 0 Å². The van der Waals surface area contributed by atoms with Crippen molar-refractivity contribution in [3.8, 4) is 0 Å². The summed E-state index contributed by atoms with van der Waals surface area (Å²) in [6, 6.07) is -0.971. The molecule has 1 aliphatic rings. The van der Waals surface area contributed by atoms with Crippen LogP contribution in [0.1, 0.15) is 39.5 Å². The number of amides is 4. The Hall–Kier alpha value is -1.40. The molecule has 0 aromatic rings. The summed E-state index contributed by atoms with van der Waals surface area (Å²) in [5, 5.41) is 1.18. The molecule has 1 fully saturated rings. The average Bonchev–Trinajstić information content (AvgIpc) is 2.50. The molecule has 0 bridgehead atoms. The quantitative estimate of drug-likeness (QED) is 0.553. The SMILES string of the molecule is CCCCC(=O)NNC(=O)[C@@H]1CCN(OP)C(=O)N1CC. The number of hydrogen-bond acceptors (Lipinski definition) is 4. The number of carbonyl (C=O) groups excluding carboxylic acids is 3. The van der Waals surface area contributed by atoms with Gasteiger partial charge in [-0.05, 0) is 19.8 Å². The first kappa shape index (κ1) is 17.7. The lowest BCUT2D eigenvalue weighted by atomic mass is 10.1. The summed E-state index contributed by atoms with van der Waals surface area (Å²) in [5.74, 6) is -0.622. The predicted octanol–water partition coefficient (Wildman–Crippen LogP) is 0.562. The molecule has 8 nitrogen and oxygen atoms in total. The van der Waals surface area contributed by atoms with Gasteiger partial charge in [0, 0.05) is 22.4 Å². The smallest absolute Gasteiger partial charge is 0.311 e. The van der Waals surface area contributed by atoms with Gasteiger partial charge in [-0.1, -0.05) is 13.3 Å². The summed E-state index contributed by atoms with van der Waals surface area (Å²) in [6.07, 6.45) is 2.48. The summed E-state index contributed by atoms with van der Waals surface area (Å²) in [6.45, 7) is 4.47. The van der Waals surface area contributed by atoms with E-state index in [0.29, 0.717) is 25.9 Å². The van der Waals surface area contributed by atoms with Crippen molar-refractivity contribution < 1.29 is 19.0 Å². The van der Waals surface area contributed by atoms with Gasteiger partial charge in [-0.15, -0.1) is 0 Å². The van der Waals surface area contributed by atoms with Gasteiger partial charge in [0.05, 0.1) is 6.54 Å². The zero-order valence-electron chi connectivity index (χ0n) is 12.4. The summed E-state index contributed by atoms with van der Waals surface area (Å²) < 4.78 is 4.86. The number of nitrogens with one attached hydrogen (secondary N) is 2. The standard InChI is InChI=1S/C12H23N4O4P/c1-3-5-6-10(17)13-14-11(18)9-7-8-16(20-21)12(19)15(9)4-2/h9H,3-8,21H2,1-2H3,(H,13,17)(H,14,18)/t9-/m0/s1. The molecule has 2 N–H and O–H groups in total. The summed E-state index contributed by atoms with van der Waals surface area (Å²) in [4.78, 5) is 37.0. The van der Waals surface area contributed by atoms with Crippen molar-refractivity contribution in [3.05, 3.63) is 0 Å². The fourth-order valence-corrected chi connectivity index (χ4v) is 2.30. The van der Waals surface area contributed by atoms with Crippen LogP contribution >= 0.6 is 9.47 Å². The van der Waals surface area contributed by atoms with E-state index in [2.05, 4.69) is 10.9 Å². The molecule has 1 saturated heterocycles. The van der Waals surface area contributed by atoms with Gasteiger partial charge in [-0.25, -0.2) is 9.86 Å². The molecule has 9 heteroatoms. The first-order valence-electron chi connectivity index (χ1n) is 7.08. The van der Waals surface area contributed by atoms with Gasteiger partial charge in [-0.2, -0.15) is 0 Å².